The molecule has 0 saturated carbocycles. The topological polar surface area (TPSA) is 17.1 Å². The van der Waals surface area contributed by atoms with Crippen molar-refractivity contribution in [1.29, 1.82) is 0 Å². The van der Waals surface area contributed by atoms with E-state index in [0.29, 0.717) is 0 Å². The predicted octanol–water partition coefficient (Wildman–Crippen LogP) is 3.05. The van der Waals surface area contributed by atoms with E-state index < -0.39 is 13.5 Å². The molecular weight excluding hydrogens is 303 g/mol. The van der Waals surface area contributed by atoms with Gasteiger partial charge >= 0.3 is 115 Å². The third-order valence-corrected chi connectivity index (χ3v) is 12.9. The fraction of sp³-hybridized carbons (Fsp3) is 0.200. The van der Waals surface area contributed by atoms with Crippen LogP contribution >= 0.6 is 11.8 Å². The summed E-state index contributed by atoms with van der Waals surface area (Å²) in [5.41, 5.74) is 0. The Bertz CT molecular complexity index is 599. The average molecular weight is 318 g/mol. The van der Waals surface area contributed by atoms with E-state index in [1.165, 1.54) is 9.79 Å². The molecular formula is C15H15AsOS. The van der Waals surface area contributed by atoms with Gasteiger partial charge in [-0.15, -0.1) is 0 Å². The molecule has 3 heteroatoms. The van der Waals surface area contributed by atoms with Crippen molar-refractivity contribution in [3.63, 3.8) is 0 Å². The SMILES string of the molecule is CC(C)[As]1(=O)c2ccccc2Sc2ccccc21. The van der Waals surface area contributed by atoms with Crippen molar-refractivity contribution < 1.29 is 3.74 Å². The fourth-order valence-corrected chi connectivity index (χ4v) is 11.2. The first-order valence-corrected chi connectivity index (χ1v) is 10.6. The van der Waals surface area contributed by atoms with Crippen molar-refractivity contribution in [1.82, 2.24) is 0 Å². The molecule has 92 valence electrons. The van der Waals surface area contributed by atoms with Gasteiger partial charge in [0, 0.05) is 0 Å². The standard InChI is InChI=1S/C15H15AsOS/c1-11(2)16(17)12-7-3-5-9-14(12)18-15-10-6-4-8-13(15)16/h3-11H,1-2H3. The fourth-order valence-electron chi connectivity index (χ4n) is 2.44. The minimum absolute atomic E-state index is 0.200. The van der Waals surface area contributed by atoms with E-state index in [0.717, 1.165) is 8.70 Å². The molecule has 0 aromatic heterocycles. The zero-order valence-corrected chi connectivity index (χ0v) is 13.2. The van der Waals surface area contributed by atoms with Crippen molar-refractivity contribution >= 4 is 34.0 Å². The molecule has 0 N–H and O–H groups in total. The van der Waals surface area contributed by atoms with Crippen LogP contribution in [-0.4, -0.2) is 13.5 Å². The zero-order chi connectivity index (χ0) is 12.8. The first-order valence-electron chi connectivity index (χ1n) is 6.11. The zero-order valence-electron chi connectivity index (χ0n) is 10.5. The molecule has 1 nitrogen and oxygen atoms in total. The van der Waals surface area contributed by atoms with Gasteiger partial charge in [0.2, 0.25) is 0 Å². The van der Waals surface area contributed by atoms with Gasteiger partial charge in [-0.2, -0.15) is 0 Å². The van der Waals surface area contributed by atoms with Crippen molar-refractivity contribution in [2.45, 2.75) is 28.3 Å². The molecule has 0 radical (unpaired) electrons. The van der Waals surface area contributed by atoms with Gasteiger partial charge in [0.1, 0.15) is 0 Å². The van der Waals surface area contributed by atoms with Crippen molar-refractivity contribution in [2.75, 3.05) is 0 Å². The molecule has 0 spiro atoms. The van der Waals surface area contributed by atoms with Crippen LogP contribution in [-0.2, 0) is 3.74 Å². The summed E-state index contributed by atoms with van der Waals surface area (Å²) in [6, 6.07) is 16.4. The van der Waals surface area contributed by atoms with Crippen LogP contribution in [0.25, 0.3) is 0 Å². The summed E-state index contributed by atoms with van der Waals surface area (Å²) < 4.78 is 16.0. The Kier molecular flexibility index (Phi) is 2.96. The van der Waals surface area contributed by atoms with Gasteiger partial charge < -0.3 is 0 Å². The summed E-state index contributed by atoms with van der Waals surface area (Å²) in [5.74, 6) is 0. The van der Waals surface area contributed by atoms with Gasteiger partial charge in [-0.05, 0) is 0 Å². The molecule has 0 fully saturated rings. The van der Waals surface area contributed by atoms with E-state index in [9.17, 15) is 3.74 Å². The quantitative estimate of drug-likeness (QED) is 0.752. The van der Waals surface area contributed by atoms with E-state index in [1.54, 1.807) is 11.8 Å². The molecule has 0 aliphatic carbocycles. The minimum atomic E-state index is -3.23. The van der Waals surface area contributed by atoms with Crippen LogP contribution in [0.5, 0.6) is 0 Å². The van der Waals surface area contributed by atoms with E-state index in [4.69, 9.17) is 0 Å². The number of hydrogen-bond donors (Lipinski definition) is 0. The van der Waals surface area contributed by atoms with Gasteiger partial charge in [-0.3, -0.25) is 0 Å². The van der Waals surface area contributed by atoms with Crippen LogP contribution in [0.15, 0.2) is 58.3 Å². The Hall–Kier alpha value is -0.852. The summed E-state index contributed by atoms with van der Waals surface area (Å²) in [5, 5.41) is 0. The Balaban J connectivity index is 2.35. The summed E-state index contributed by atoms with van der Waals surface area (Å²) in [6.45, 7) is 4.17. The molecule has 0 unspecified atom stereocenters. The third kappa shape index (κ3) is 1.63. The van der Waals surface area contributed by atoms with Crippen molar-refractivity contribution in [3.8, 4) is 0 Å². The molecule has 0 amide bonds. The molecule has 0 bridgehead atoms. The second-order valence-electron chi connectivity index (χ2n) is 4.79. The summed E-state index contributed by atoms with van der Waals surface area (Å²) in [7, 11) is 0. The Morgan fingerprint density at radius 2 is 1.33 bits per heavy atom. The number of rotatable bonds is 1. The molecule has 1 aliphatic heterocycles. The van der Waals surface area contributed by atoms with Crippen molar-refractivity contribution in [2.24, 2.45) is 0 Å². The van der Waals surface area contributed by atoms with Crippen LogP contribution in [0, 0.1) is 0 Å². The predicted molar refractivity (Wildman–Crippen MR) is 77.8 cm³/mol. The number of benzene rings is 2. The van der Waals surface area contributed by atoms with E-state index in [-0.39, 0.29) is 4.71 Å². The summed E-state index contributed by atoms with van der Waals surface area (Å²) >= 11 is -1.48. The molecule has 0 atom stereocenters. The first kappa shape index (κ1) is 12.2. The van der Waals surface area contributed by atoms with Crippen LogP contribution < -0.4 is 8.70 Å². The number of fused-ring (bicyclic) bond motifs is 2. The van der Waals surface area contributed by atoms with Gasteiger partial charge in [0.05, 0.1) is 0 Å². The van der Waals surface area contributed by atoms with Gasteiger partial charge in [-0.25, -0.2) is 0 Å². The number of hydrogen-bond acceptors (Lipinski definition) is 2. The molecule has 1 heterocycles. The normalized spacial score (nSPS) is 16.2. The molecule has 2 aromatic rings. The van der Waals surface area contributed by atoms with Crippen LogP contribution in [0.3, 0.4) is 0 Å². The molecule has 0 saturated heterocycles. The summed E-state index contributed by atoms with van der Waals surface area (Å²) in [6.07, 6.45) is 0. The van der Waals surface area contributed by atoms with Crippen molar-refractivity contribution in [3.05, 3.63) is 48.5 Å². The Morgan fingerprint density at radius 1 is 0.889 bits per heavy atom. The van der Waals surface area contributed by atoms with Crippen LogP contribution in [0.4, 0.5) is 0 Å². The average Bonchev–Trinajstić information content (AvgIpc) is 2.39. The summed E-state index contributed by atoms with van der Waals surface area (Å²) in [4.78, 5) is 2.35. The van der Waals surface area contributed by atoms with E-state index >= 15 is 0 Å². The second kappa shape index (κ2) is 4.36. The van der Waals surface area contributed by atoms with Crippen LogP contribution in [0.1, 0.15) is 13.8 Å². The molecule has 1 aliphatic rings. The second-order valence-corrected chi connectivity index (χ2v) is 12.8. The van der Waals surface area contributed by atoms with E-state index in [1.807, 2.05) is 24.3 Å². The first-order chi connectivity index (χ1) is 8.64. The third-order valence-electron chi connectivity index (χ3n) is 3.39. The van der Waals surface area contributed by atoms with E-state index in [2.05, 4.69) is 38.1 Å². The Labute approximate surface area is 114 Å². The maximum atomic E-state index is 13.6. The van der Waals surface area contributed by atoms with Gasteiger partial charge in [-0.1, -0.05) is 0 Å². The van der Waals surface area contributed by atoms with Gasteiger partial charge in [0.25, 0.3) is 0 Å². The monoisotopic (exact) mass is 318 g/mol. The molecule has 2 aromatic carbocycles. The molecule has 18 heavy (non-hydrogen) atoms. The van der Waals surface area contributed by atoms with Gasteiger partial charge in [0.15, 0.2) is 0 Å². The van der Waals surface area contributed by atoms with Crippen LogP contribution in [0.2, 0.25) is 4.71 Å². The molecule has 3 rings (SSSR count). The Morgan fingerprint density at radius 3 is 1.78 bits per heavy atom. The maximum absolute atomic E-state index is 13.6.